The fraction of sp³-hybridized carbons (Fsp3) is 0.462. The van der Waals surface area contributed by atoms with Gasteiger partial charge in [0.2, 0.25) is 0 Å². The summed E-state index contributed by atoms with van der Waals surface area (Å²) in [4.78, 5) is 14.2. The summed E-state index contributed by atoms with van der Waals surface area (Å²) in [5, 5.41) is 3.36. The molecule has 0 saturated carbocycles. The smallest absolute Gasteiger partial charge is 0.251 e. The maximum atomic E-state index is 11.9. The second-order valence-electron chi connectivity index (χ2n) is 4.72. The molecule has 0 spiro atoms. The second-order valence-corrected chi connectivity index (χ2v) is 5.13. The third-order valence-electron chi connectivity index (χ3n) is 3.43. The van der Waals surface area contributed by atoms with Gasteiger partial charge < -0.3 is 16.0 Å². The van der Waals surface area contributed by atoms with E-state index in [4.69, 9.17) is 17.3 Å². The van der Waals surface area contributed by atoms with Crippen molar-refractivity contribution in [2.24, 2.45) is 0 Å². The summed E-state index contributed by atoms with van der Waals surface area (Å²) in [7, 11) is 2.09. The van der Waals surface area contributed by atoms with Crippen molar-refractivity contribution in [1.29, 1.82) is 0 Å². The highest BCUT2D eigenvalue weighted by Gasteiger charge is 2.21. The first-order chi connectivity index (χ1) is 8.58. The topological polar surface area (TPSA) is 58.4 Å². The van der Waals surface area contributed by atoms with E-state index >= 15 is 0 Å². The van der Waals surface area contributed by atoms with Crippen molar-refractivity contribution in [3.05, 3.63) is 28.8 Å². The molecule has 1 aliphatic rings. The van der Waals surface area contributed by atoms with Gasteiger partial charge in [-0.05, 0) is 44.6 Å². The molecular weight excluding hydrogens is 250 g/mol. The predicted molar refractivity (Wildman–Crippen MR) is 73.8 cm³/mol. The molecule has 1 aromatic carbocycles. The molecule has 0 radical (unpaired) electrons. The molecule has 5 heteroatoms. The Kier molecular flexibility index (Phi) is 4.09. The largest absolute Gasteiger partial charge is 0.398 e. The quantitative estimate of drug-likeness (QED) is 0.821. The van der Waals surface area contributed by atoms with E-state index in [-0.39, 0.29) is 5.91 Å². The number of benzene rings is 1. The molecule has 3 N–H and O–H groups in total. The lowest BCUT2D eigenvalue weighted by molar-refractivity contribution is 0.0943. The number of anilines is 1. The Morgan fingerprint density at radius 3 is 3.00 bits per heavy atom. The lowest BCUT2D eigenvalue weighted by Crippen LogP contribution is -2.38. The van der Waals surface area contributed by atoms with E-state index in [1.54, 1.807) is 18.2 Å². The number of likely N-dealkylation sites (N-methyl/N-ethyl adjacent to an activating group) is 1. The number of likely N-dealkylation sites (tertiary alicyclic amines) is 1. The van der Waals surface area contributed by atoms with E-state index in [0.717, 1.165) is 13.0 Å². The van der Waals surface area contributed by atoms with Gasteiger partial charge in [-0.2, -0.15) is 0 Å². The Bertz CT molecular complexity index is 450. The maximum absolute atomic E-state index is 11.9. The fourth-order valence-corrected chi connectivity index (χ4v) is 2.40. The molecule has 1 fully saturated rings. The number of hydrogen-bond acceptors (Lipinski definition) is 3. The minimum atomic E-state index is -0.0998. The molecule has 1 aromatic rings. The van der Waals surface area contributed by atoms with Crippen LogP contribution in [0.5, 0.6) is 0 Å². The number of amides is 1. The molecule has 1 atom stereocenters. The average Bonchev–Trinajstić information content (AvgIpc) is 2.75. The summed E-state index contributed by atoms with van der Waals surface area (Å²) < 4.78 is 0. The lowest BCUT2D eigenvalue weighted by atomic mass is 10.1. The van der Waals surface area contributed by atoms with Crippen molar-refractivity contribution in [3.8, 4) is 0 Å². The summed E-state index contributed by atoms with van der Waals surface area (Å²) in [6.45, 7) is 1.78. The summed E-state index contributed by atoms with van der Waals surface area (Å²) in [6, 6.07) is 5.39. The molecule has 1 unspecified atom stereocenters. The van der Waals surface area contributed by atoms with Crippen molar-refractivity contribution >= 4 is 23.2 Å². The molecule has 4 nitrogen and oxygen atoms in total. The maximum Gasteiger partial charge on any atom is 0.251 e. The van der Waals surface area contributed by atoms with Crippen LogP contribution in [0.2, 0.25) is 5.02 Å². The molecule has 0 aromatic heterocycles. The van der Waals surface area contributed by atoms with Crippen LogP contribution in [0.1, 0.15) is 23.2 Å². The predicted octanol–water partition coefficient (Wildman–Crippen LogP) is 1.75. The molecule has 1 aliphatic heterocycles. The van der Waals surface area contributed by atoms with Gasteiger partial charge in [-0.25, -0.2) is 0 Å². The minimum Gasteiger partial charge on any atom is -0.398 e. The number of nitrogens with zero attached hydrogens (tertiary/aromatic N) is 1. The van der Waals surface area contributed by atoms with Gasteiger partial charge in [0.05, 0.1) is 10.7 Å². The Labute approximate surface area is 112 Å². The van der Waals surface area contributed by atoms with E-state index in [9.17, 15) is 4.79 Å². The Morgan fingerprint density at radius 2 is 2.39 bits per heavy atom. The Hall–Kier alpha value is -1.26. The number of nitrogens with two attached hydrogens (primary N) is 1. The standard InChI is InChI=1S/C13H18ClN3O/c1-17-6-2-3-10(17)8-16-13(18)9-4-5-12(15)11(14)7-9/h4-5,7,10H,2-3,6,8,15H2,1H3,(H,16,18). The molecule has 0 aliphatic carbocycles. The number of nitrogen functional groups attached to an aromatic ring is 1. The van der Waals surface area contributed by atoms with Crippen molar-refractivity contribution in [2.75, 3.05) is 25.9 Å². The molecular formula is C13H18ClN3O. The van der Waals surface area contributed by atoms with Crippen LogP contribution in [0.15, 0.2) is 18.2 Å². The van der Waals surface area contributed by atoms with Crippen molar-refractivity contribution in [2.45, 2.75) is 18.9 Å². The fourth-order valence-electron chi connectivity index (χ4n) is 2.22. The molecule has 0 bridgehead atoms. The highest BCUT2D eigenvalue weighted by Crippen LogP contribution is 2.19. The highest BCUT2D eigenvalue weighted by atomic mass is 35.5. The first-order valence-corrected chi connectivity index (χ1v) is 6.49. The highest BCUT2D eigenvalue weighted by molar-refractivity contribution is 6.33. The third-order valence-corrected chi connectivity index (χ3v) is 3.76. The van der Waals surface area contributed by atoms with Gasteiger partial charge in [0, 0.05) is 18.2 Å². The summed E-state index contributed by atoms with van der Waals surface area (Å²) in [5.74, 6) is -0.0998. The van der Waals surface area contributed by atoms with E-state index in [2.05, 4.69) is 17.3 Å². The van der Waals surface area contributed by atoms with E-state index in [1.165, 1.54) is 6.42 Å². The van der Waals surface area contributed by atoms with Crippen LogP contribution in [0.4, 0.5) is 5.69 Å². The molecule has 1 heterocycles. The second kappa shape index (κ2) is 5.59. The normalized spacial score (nSPS) is 20.0. The minimum absolute atomic E-state index is 0.0998. The van der Waals surface area contributed by atoms with Crippen LogP contribution in [0, 0.1) is 0 Å². The molecule has 98 valence electrons. The van der Waals surface area contributed by atoms with Gasteiger partial charge >= 0.3 is 0 Å². The van der Waals surface area contributed by atoms with Crippen LogP contribution in [-0.2, 0) is 0 Å². The van der Waals surface area contributed by atoms with E-state index in [1.807, 2.05) is 0 Å². The number of hydrogen-bond donors (Lipinski definition) is 2. The molecule has 1 saturated heterocycles. The Balaban J connectivity index is 1.93. The van der Waals surface area contributed by atoms with Crippen molar-refractivity contribution in [3.63, 3.8) is 0 Å². The zero-order valence-corrected chi connectivity index (χ0v) is 11.2. The van der Waals surface area contributed by atoms with E-state index < -0.39 is 0 Å². The third kappa shape index (κ3) is 2.94. The number of nitrogens with one attached hydrogen (secondary N) is 1. The average molecular weight is 268 g/mol. The van der Waals surface area contributed by atoms with Crippen LogP contribution < -0.4 is 11.1 Å². The zero-order chi connectivity index (χ0) is 13.1. The molecule has 2 rings (SSSR count). The lowest BCUT2D eigenvalue weighted by Gasteiger charge is -2.19. The van der Waals surface area contributed by atoms with Crippen molar-refractivity contribution in [1.82, 2.24) is 10.2 Å². The van der Waals surface area contributed by atoms with E-state index in [0.29, 0.717) is 28.9 Å². The van der Waals surface area contributed by atoms with Crippen LogP contribution >= 0.6 is 11.6 Å². The van der Waals surface area contributed by atoms with Crippen LogP contribution in [-0.4, -0.2) is 37.0 Å². The SMILES string of the molecule is CN1CCCC1CNC(=O)c1ccc(N)c(Cl)c1. The van der Waals surface area contributed by atoms with Crippen molar-refractivity contribution < 1.29 is 4.79 Å². The first-order valence-electron chi connectivity index (χ1n) is 6.11. The van der Waals surface area contributed by atoms with Crippen LogP contribution in [0.25, 0.3) is 0 Å². The van der Waals surface area contributed by atoms with Gasteiger partial charge in [0.1, 0.15) is 0 Å². The molecule has 18 heavy (non-hydrogen) atoms. The monoisotopic (exact) mass is 267 g/mol. The zero-order valence-electron chi connectivity index (χ0n) is 10.4. The van der Waals surface area contributed by atoms with Gasteiger partial charge in [-0.15, -0.1) is 0 Å². The number of rotatable bonds is 3. The van der Waals surface area contributed by atoms with Gasteiger partial charge in [-0.1, -0.05) is 11.6 Å². The summed E-state index contributed by atoms with van der Waals surface area (Å²) in [6.07, 6.45) is 2.34. The van der Waals surface area contributed by atoms with Crippen LogP contribution in [0.3, 0.4) is 0 Å². The van der Waals surface area contributed by atoms with Gasteiger partial charge in [0.15, 0.2) is 0 Å². The number of carbonyl (C=O) groups excluding carboxylic acids is 1. The van der Waals surface area contributed by atoms with Gasteiger partial charge in [-0.3, -0.25) is 4.79 Å². The Morgan fingerprint density at radius 1 is 1.61 bits per heavy atom. The number of halogens is 1. The number of carbonyl (C=O) groups is 1. The summed E-state index contributed by atoms with van der Waals surface area (Å²) in [5.41, 5.74) is 6.65. The molecule has 1 amide bonds. The first kappa shape index (κ1) is 13.2. The summed E-state index contributed by atoms with van der Waals surface area (Å²) >= 11 is 5.90. The van der Waals surface area contributed by atoms with Gasteiger partial charge in [0.25, 0.3) is 5.91 Å².